The summed E-state index contributed by atoms with van der Waals surface area (Å²) in [6.07, 6.45) is 1.89. The van der Waals surface area contributed by atoms with Crippen LogP contribution in [-0.4, -0.2) is 54.3 Å². The number of rotatable bonds is 9. The molecule has 0 spiro atoms. The lowest BCUT2D eigenvalue weighted by molar-refractivity contribution is -0.139. The standard InChI is InChI=1S/C19H29N5O3/c20-10-8-15(18(26)22-13-14-5-2-1-3-6-14)23-19(27)16-7-4-12-24(16)17(25)9-11-21/h1-3,5-6,15-16H,4,7-13,20-21H2,(H,22,26)(H,23,27). The molecule has 1 heterocycles. The molecule has 3 amide bonds. The molecule has 1 aliphatic rings. The van der Waals surface area contributed by atoms with E-state index in [1.54, 1.807) is 4.90 Å². The second kappa shape index (κ2) is 10.6. The predicted molar refractivity (Wildman–Crippen MR) is 102 cm³/mol. The molecular weight excluding hydrogens is 346 g/mol. The van der Waals surface area contributed by atoms with Gasteiger partial charge in [0, 0.05) is 26.1 Å². The molecule has 8 nitrogen and oxygen atoms in total. The van der Waals surface area contributed by atoms with Crippen molar-refractivity contribution in [3.63, 3.8) is 0 Å². The van der Waals surface area contributed by atoms with Gasteiger partial charge >= 0.3 is 0 Å². The number of likely N-dealkylation sites (tertiary alicyclic amines) is 1. The van der Waals surface area contributed by atoms with Gasteiger partial charge in [0.05, 0.1) is 0 Å². The first kappa shape index (κ1) is 20.9. The van der Waals surface area contributed by atoms with Crippen molar-refractivity contribution in [3.8, 4) is 0 Å². The van der Waals surface area contributed by atoms with E-state index in [-0.39, 0.29) is 37.2 Å². The molecule has 0 aromatic heterocycles. The summed E-state index contributed by atoms with van der Waals surface area (Å²) in [7, 11) is 0. The molecule has 2 rings (SSSR count). The van der Waals surface area contributed by atoms with Crippen LogP contribution in [0.4, 0.5) is 0 Å². The summed E-state index contributed by atoms with van der Waals surface area (Å²) in [5.41, 5.74) is 12.0. The van der Waals surface area contributed by atoms with Gasteiger partial charge < -0.3 is 27.0 Å². The van der Waals surface area contributed by atoms with Gasteiger partial charge in [0.1, 0.15) is 12.1 Å². The summed E-state index contributed by atoms with van der Waals surface area (Å²) in [4.78, 5) is 38.9. The summed E-state index contributed by atoms with van der Waals surface area (Å²) in [5, 5.41) is 5.59. The fourth-order valence-electron chi connectivity index (χ4n) is 3.22. The zero-order chi connectivity index (χ0) is 19.6. The van der Waals surface area contributed by atoms with Crippen molar-refractivity contribution >= 4 is 17.7 Å². The van der Waals surface area contributed by atoms with Gasteiger partial charge in [0.2, 0.25) is 17.7 Å². The molecule has 0 bridgehead atoms. The quantitative estimate of drug-likeness (QED) is 0.461. The van der Waals surface area contributed by atoms with Gasteiger partial charge in [-0.2, -0.15) is 0 Å². The first-order valence-corrected chi connectivity index (χ1v) is 9.38. The van der Waals surface area contributed by atoms with E-state index < -0.39 is 12.1 Å². The number of carbonyl (C=O) groups excluding carboxylic acids is 3. The molecule has 1 aliphatic heterocycles. The summed E-state index contributed by atoms with van der Waals surface area (Å²) >= 11 is 0. The van der Waals surface area contributed by atoms with Crippen LogP contribution in [0.2, 0.25) is 0 Å². The van der Waals surface area contributed by atoms with Crippen molar-refractivity contribution in [2.45, 2.75) is 44.3 Å². The summed E-state index contributed by atoms with van der Waals surface area (Å²) in [6, 6.07) is 8.25. The van der Waals surface area contributed by atoms with Crippen molar-refractivity contribution in [2.75, 3.05) is 19.6 Å². The van der Waals surface area contributed by atoms with Crippen LogP contribution in [0.1, 0.15) is 31.2 Å². The molecule has 0 saturated carbocycles. The Hall–Kier alpha value is -2.45. The van der Waals surface area contributed by atoms with Crippen LogP contribution < -0.4 is 22.1 Å². The Kier molecular flexibility index (Phi) is 8.22. The van der Waals surface area contributed by atoms with Gasteiger partial charge in [-0.05, 0) is 31.4 Å². The normalized spacial score (nSPS) is 17.4. The second-order valence-corrected chi connectivity index (χ2v) is 6.63. The maximum absolute atomic E-state index is 12.7. The highest BCUT2D eigenvalue weighted by atomic mass is 16.2. The van der Waals surface area contributed by atoms with E-state index in [1.165, 1.54) is 0 Å². The monoisotopic (exact) mass is 375 g/mol. The van der Waals surface area contributed by atoms with Crippen LogP contribution in [0.15, 0.2) is 30.3 Å². The van der Waals surface area contributed by atoms with Crippen LogP contribution in [0.3, 0.4) is 0 Å². The molecule has 6 N–H and O–H groups in total. The minimum Gasteiger partial charge on any atom is -0.350 e. The van der Waals surface area contributed by atoms with E-state index in [0.717, 1.165) is 12.0 Å². The van der Waals surface area contributed by atoms with Crippen molar-refractivity contribution in [1.29, 1.82) is 0 Å². The maximum Gasteiger partial charge on any atom is 0.243 e. The van der Waals surface area contributed by atoms with Gasteiger partial charge in [-0.3, -0.25) is 14.4 Å². The third-order valence-corrected chi connectivity index (χ3v) is 4.63. The molecule has 148 valence electrons. The SMILES string of the molecule is NCCC(=O)N1CCCC1C(=O)NC(CCN)C(=O)NCc1ccccc1. The highest BCUT2D eigenvalue weighted by molar-refractivity contribution is 5.92. The lowest BCUT2D eigenvalue weighted by Crippen LogP contribution is -2.53. The van der Waals surface area contributed by atoms with Gasteiger partial charge in [-0.1, -0.05) is 30.3 Å². The number of nitrogens with zero attached hydrogens (tertiary/aromatic N) is 1. The molecular formula is C19H29N5O3. The molecule has 1 fully saturated rings. The molecule has 1 aromatic carbocycles. The number of amides is 3. The van der Waals surface area contributed by atoms with E-state index in [4.69, 9.17) is 11.5 Å². The lowest BCUT2D eigenvalue weighted by Gasteiger charge is -2.26. The first-order chi connectivity index (χ1) is 13.1. The summed E-state index contributed by atoms with van der Waals surface area (Å²) in [6.45, 7) is 1.44. The molecule has 0 aliphatic carbocycles. The van der Waals surface area contributed by atoms with E-state index in [0.29, 0.717) is 25.9 Å². The van der Waals surface area contributed by atoms with Crippen LogP contribution >= 0.6 is 0 Å². The number of carbonyl (C=O) groups is 3. The van der Waals surface area contributed by atoms with Crippen molar-refractivity contribution < 1.29 is 14.4 Å². The lowest BCUT2D eigenvalue weighted by atomic mass is 10.1. The largest absolute Gasteiger partial charge is 0.350 e. The average Bonchev–Trinajstić information content (AvgIpc) is 3.17. The van der Waals surface area contributed by atoms with E-state index in [9.17, 15) is 14.4 Å². The van der Waals surface area contributed by atoms with Crippen LogP contribution in [-0.2, 0) is 20.9 Å². The molecule has 2 unspecified atom stereocenters. The topological polar surface area (TPSA) is 131 Å². The highest BCUT2D eigenvalue weighted by Crippen LogP contribution is 2.18. The summed E-state index contributed by atoms with van der Waals surface area (Å²) < 4.78 is 0. The Morgan fingerprint density at radius 3 is 2.56 bits per heavy atom. The summed E-state index contributed by atoms with van der Waals surface area (Å²) in [5.74, 6) is -0.722. The Labute approximate surface area is 159 Å². The molecule has 2 atom stereocenters. The van der Waals surface area contributed by atoms with Crippen molar-refractivity contribution in [2.24, 2.45) is 11.5 Å². The smallest absolute Gasteiger partial charge is 0.243 e. The Bertz CT molecular complexity index is 637. The Morgan fingerprint density at radius 2 is 1.89 bits per heavy atom. The average molecular weight is 375 g/mol. The molecule has 8 heteroatoms. The number of nitrogens with one attached hydrogen (secondary N) is 2. The van der Waals surface area contributed by atoms with Crippen LogP contribution in [0, 0.1) is 0 Å². The second-order valence-electron chi connectivity index (χ2n) is 6.63. The van der Waals surface area contributed by atoms with Crippen LogP contribution in [0.5, 0.6) is 0 Å². The number of hydrogen-bond donors (Lipinski definition) is 4. The van der Waals surface area contributed by atoms with Gasteiger partial charge in [-0.15, -0.1) is 0 Å². The molecule has 1 saturated heterocycles. The molecule has 1 aromatic rings. The third kappa shape index (κ3) is 6.04. The van der Waals surface area contributed by atoms with E-state index in [2.05, 4.69) is 10.6 Å². The number of nitrogens with two attached hydrogens (primary N) is 2. The van der Waals surface area contributed by atoms with Gasteiger partial charge in [-0.25, -0.2) is 0 Å². The minimum absolute atomic E-state index is 0.126. The fourth-order valence-corrected chi connectivity index (χ4v) is 3.22. The Balaban J connectivity index is 1.94. The molecule has 27 heavy (non-hydrogen) atoms. The predicted octanol–water partition coefficient (Wildman–Crippen LogP) is -0.524. The zero-order valence-electron chi connectivity index (χ0n) is 15.5. The van der Waals surface area contributed by atoms with Crippen molar-refractivity contribution in [3.05, 3.63) is 35.9 Å². The Morgan fingerprint density at radius 1 is 1.15 bits per heavy atom. The fraction of sp³-hybridized carbons (Fsp3) is 0.526. The van der Waals surface area contributed by atoms with E-state index in [1.807, 2.05) is 30.3 Å². The number of hydrogen-bond acceptors (Lipinski definition) is 5. The zero-order valence-corrected chi connectivity index (χ0v) is 15.5. The van der Waals surface area contributed by atoms with Crippen LogP contribution in [0.25, 0.3) is 0 Å². The maximum atomic E-state index is 12.7. The first-order valence-electron chi connectivity index (χ1n) is 9.38. The molecule has 0 radical (unpaired) electrons. The van der Waals surface area contributed by atoms with Gasteiger partial charge in [0.15, 0.2) is 0 Å². The number of benzene rings is 1. The van der Waals surface area contributed by atoms with E-state index >= 15 is 0 Å². The van der Waals surface area contributed by atoms with Crippen molar-refractivity contribution in [1.82, 2.24) is 15.5 Å². The highest BCUT2D eigenvalue weighted by Gasteiger charge is 2.35. The van der Waals surface area contributed by atoms with Gasteiger partial charge in [0.25, 0.3) is 0 Å². The minimum atomic E-state index is -0.724. The third-order valence-electron chi connectivity index (χ3n) is 4.63.